The van der Waals surface area contributed by atoms with Crippen molar-refractivity contribution in [2.45, 2.75) is 44.8 Å². The summed E-state index contributed by atoms with van der Waals surface area (Å²) in [4.78, 5) is 0. The normalized spacial score (nSPS) is 40.8. The van der Waals surface area contributed by atoms with Crippen LogP contribution in [0.2, 0.25) is 0 Å². The first-order valence-corrected chi connectivity index (χ1v) is 5.56. The number of hydrogen-bond donors (Lipinski definition) is 0. The Morgan fingerprint density at radius 2 is 1.85 bits per heavy atom. The van der Waals surface area contributed by atoms with Crippen LogP contribution in [0.5, 0.6) is 0 Å². The van der Waals surface area contributed by atoms with E-state index in [-0.39, 0.29) is 6.29 Å². The summed E-state index contributed by atoms with van der Waals surface area (Å²) in [6, 6.07) is 0. The summed E-state index contributed by atoms with van der Waals surface area (Å²) in [5, 5.41) is 0. The fourth-order valence-electron chi connectivity index (χ4n) is 2.74. The Morgan fingerprint density at radius 1 is 1.08 bits per heavy atom. The summed E-state index contributed by atoms with van der Waals surface area (Å²) in [7, 11) is 1.77. The zero-order valence-corrected chi connectivity index (χ0v) is 8.50. The number of methoxy groups -OCH3 is 1. The van der Waals surface area contributed by atoms with Gasteiger partial charge in [0, 0.05) is 13.0 Å². The first kappa shape index (κ1) is 9.47. The monoisotopic (exact) mass is 184 g/mol. The highest BCUT2D eigenvalue weighted by atomic mass is 16.7. The number of rotatable bonds is 1. The van der Waals surface area contributed by atoms with Gasteiger partial charge in [0.1, 0.15) is 0 Å². The Balaban J connectivity index is 1.95. The van der Waals surface area contributed by atoms with E-state index in [2.05, 4.69) is 0 Å². The molecule has 1 saturated carbocycles. The summed E-state index contributed by atoms with van der Waals surface area (Å²) in [6.07, 6.45) is 8.34. The minimum atomic E-state index is 0.100. The molecular weight excluding hydrogens is 164 g/mol. The van der Waals surface area contributed by atoms with Crippen molar-refractivity contribution in [2.75, 3.05) is 13.7 Å². The van der Waals surface area contributed by atoms with E-state index in [4.69, 9.17) is 9.47 Å². The average Bonchev–Trinajstić information content (AvgIpc) is 2.46. The Morgan fingerprint density at radius 3 is 2.62 bits per heavy atom. The predicted octanol–water partition coefficient (Wildman–Crippen LogP) is 2.58. The minimum absolute atomic E-state index is 0.100. The van der Waals surface area contributed by atoms with Crippen LogP contribution in [-0.2, 0) is 9.47 Å². The highest BCUT2D eigenvalue weighted by molar-refractivity contribution is 4.80. The number of ether oxygens (including phenoxy) is 2. The Hall–Kier alpha value is -0.0800. The maximum Gasteiger partial charge on any atom is 0.160 e. The fraction of sp³-hybridized carbons (Fsp3) is 1.00. The maximum atomic E-state index is 5.64. The highest BCUT2D eigenvalue weighted by Gasteiger charge is 2.36. The molecule has 2 rings (SSSR count). The van der Waals surface area contributed by atoms with Crippen LogP contribution < -0.4 is 0 Å². The summed E-state index contributed by atoms with van der Waals surface area (Å²) in [6.45, 7) is 0.934. The predicted molar refractivity (Wildman–Crippen MR) is 51.4 cm³/mol. The lowest BCUT2D eigenvalue weighted by molar-refractivity contribution is -0.111. The molecule has 0 N–H and O–H groups in total. The Bertz CT molecular complexity index is 158. The second-order valence-corrected chi connectivity index (χ2v) is 4.35. The molecule has 76 valence electrons. The van der Waals surface area contributed by atoms with Gasteiger partial charge in [0.05, 0.1) is 6.61 Å². The molecule has 2 aliphatic rings. The standard InChI is InChI=1S/C11H20O2/c1-12-11-10-7-5-3-2-4-6-9(10)8-13-11/h9-11H,2-8H2,1H3/t9-,10-,11+/m0/s1. The van der Waals surface area contributed by atoms with Crippen molar-refractivity contribution in [1.82, 2.24) is 0 Å². The van der Waals surface area contributed by atoms with Crippen LogP contribution in [0.1, 0.15) is 38.5 Å². The number of fused-ring (bicyclic) bond motifs is 1. The van der Waals surface area contributed by atoms with Crippen molar-refractivity contribution in [3.8, 4) is 0 Å². The van der Waals surface area contributed by atoms with Crippen LogP contribution in [-0.4, -0.2) is 20.0 Å². The summed E-state index contributed by atoms with van der Waals surface area (Å²) in [5.74, 6) is 1.47. The van der Waals surface area contributed by atoms with E-state index in [1.165, 1.54) is 38.5 Å². The molecular formula is C11H20O2. The van der Waals surface area contributed by atoms with Gasteiger partial charge in [0.15, 0.2) is 6.29 Å². The molecule has 0 aromatic carbocycles. The van der Waals surface area contributed by atoms with E-state index in [1.807, 2.05) is 0 Å². The fourth-order valence-corrected chi connectivity index (χ4v) is 2.74. The summed E-state index contributed by atoms with van der Waals surface area (Å²) >= 11 is 0. The van der Waals surface area contributed by atoms with Crippen LogP contribution in [0.25, 0.3) is 0 Å². The van der Waals surface area contributed by atoms with Crippen molar-refractivity contribution < 1.29 is 9.47 Å². The van der Waals surface area contributed by atoms with Crippen LogP contribution in [0.15, 0.2) is 0 Å². The molecule has 0 aromatic heterocycles. The van der Waals surface area contributed by atoms with Gasteiger partial charge in [-0.3, -0.25) is 0 Å². The molecule has 2 fully saturated rings. The van der Waals surface area contributed by atoms with E-state index in [0.717, 1.165) is 12.5 Å². The van der Waals surface area contributed by atoms with E-state index in [1.54, 1.807) is 7.11 Å². The molecule has 0 aromatic rings. The molecule has 2 nitrogen and oxygen atoms in total. The molecule has 0 bridgehead atoms. The molecule has 0 amide bonds. The van der Waals surface area contributed by atoms with Gasteiger partial charge in [-0.2, -0.15) is 0 Å². The van der Waals surface area contributed by atoms with Gasteiger partial charge in [0.25, 0.3) is 0 Å². The minimum Gasteiger partial charge on any atom is -0.356 e. The highest BCUT2D eigenvalue weighted by Crippen LogP contribution is 2.36. The molecule has 13 heavy (non-hydrogen) atoms. The molecule has 0 radical (unpaired) electrons. The van der Waals surface area contributed by atoms with Gasteiger partial charge in [0.2, 0.25) is 0 Å². The third-order valence-electron chi connectivity index (χ3n) is 3.52. The van der Waals surface area contributed by atoms with Crippen molar-refractivity contribution in [3.05, 3.63) is 0 Å². The van der Waals surface area contributed by atoms with E-state index >= 15 is 0 Å². The first-order chi connectivity index (χ1) is 6.42. The second kappa shape index (κ2) is 4.43. The third-order valence-corrected chi connectivity index (χ3v) is 3.52. The maximum absolute atomic E-state index is 5.64. The zero-order valence-electron chi connectivity index (χ0n) is 8.50. The first-order valence-electron chi connectivity index (χ1n) is 5.56. The molecule has 1 saturated heterocycles. The molecule has 0 spiro atoms. The van der Waals surface area contributed by atoms with Gasteiger partial charge >= 0.3 is 0 Å². The molecule has 3 atom stereocenters. The van der Waals surface area contributed by atoms with Gasteiger partial charge in [-0.05, 0) is 18.8 Å². The molecule has 2 heteroatoms. The lowest BCUT2D eigenvalue weighted by Gasteiger charge is -2.23. The average molecular weight is 184 g/mol. The third kappa shape index (κ3) is 2.05. The lowest BCUT2D eigenvalue weighted by Crippen LogP contribution is -2.23. The van der Waals surface area contributed by atoms with Gasteiger partial charge in [-0.1, -0.05) is 25.7 Å². The van der Waals surface area contributed by atoms with Crippen LogP contribution in [0.3, 0.4) is 0 Å². The van der Waals surface area contributed by atoms with Crippen molar-refractivity contribution in [1.29, 1.82) is 0 Å². The summed E-state index contributed by atoms with van der Waals surface area (Å²) in [5.41, 5.74) is 0. The molecule has 1 aliphatic carbocycles. The number of hydrogen-bond acceptors (Lipinski definition) is 2. The molecule has 1 aliphatic heterocycles. The molecule has 1 heterocycles. The van der Waals surface area contributed by atoms with Crippen LogP contribution in [0, 0.1) is 11.8 Å². The van der Waals surface area contributed by atoms with Crippen LogP contribution in [0.4, 0.5) is 0 Å². The molecule has 0 unspecified atom stereocenters. The Kier molecular flexibility index (Phi) is 3.23. The largest absolute Gasteiger partial charge is 0.356 e. The quantitative estimate of drug-likeness (QED) is 0.623. The van der Waals surface area contributed by atoms with E-state index in [0.29, 0.717) is 5.92 Å². The van der Waals surface area contributed by atoms with Gasteiger partial charge in [-0.25, -0.2) is 0 Å². The van der Waals surface area contributed by atoms with Gasteiger partial charge < -0.3 is 9.47 Å². The second-order valence-electron chi connectivity index (χ2n) is 4.35. The lowest BCUT2D eigenvalue weighted by atomic mass is 9.83. The van der Waals surface area contributed by atoms with Crippen molar-refractivity contribution >= 4 is 0 Å². The van der Waals surface area contributed by atoms with Crippen molar-refractivity contribution in [2.24, 2.45) is 11.8 Å². The van der Waals surface area contributed by atoms with E-state index < -0.39 is 0 Å². The Labute approximate surface area is 80.6 Å². The SMILES string of the molecule is CO[C@@H]1OC[C@@H]2CCCCCC[C@@H]21. The van der Waals surface area contributed by atoms with Crippen LogP contribution >= 0.6 is 0 Å². The topological polar surface area (TPSA) is 18.5 Å². The zero-order chi connectivity index (χ0) is 9.10. The van der Waals surface area contributed by atoms with Crippen molar-refractivity contribution in [3.63, 3.8) is 0 Å². The van der Waals surface area contributed by atoms with Gasteiger partial charge in [-0.15, -0.1) is 0 Å². The van der Waals surface area contributed by atoms with E-state index in [9.17, 15) is 0 Å². The smallest absolute Gasteiger partial charge is 0.160 e. The summed E-state index contributed by atoms with van der Waals surface area (Å²) < 4.78 is 11.0.